The van der Waals surface area contributed by atoms with Gasteiger partial charge in [-0.1, -0.05) is 23.8 Å². The minimum Gasteiger partial charge on any atom is -0.305 e. The van der Waals surface area contributed by atoms with Gasteiger partial charge in [0.25, 0.3) is 0 Å². The number of likely N-dealkylation sites (N-methyl/N-ethyl adjacent to an activating group) is 2. The van der Waals surface area contributed by atoms with Crippen molar-refractivity contribution in [2.75, 3.05) is 33.7 Å². The molecule has 2 rings (SSSR count). The average molecular weight is 276 g/mol. The van der Waals surface area contributed by atoms with Crippen molar-refractivity contribution in [1.82, 2.24) is 15.2 Å². The van der Waals surface area contributed by atoms with Crippen LogP contribution in [0.5, 0.6) is 0 Å². The third-order valence-electron chi connectivity index (χ3n) is 4.45. The van der Waals surface area contributed by atoms with Crippen molar-refractivity contribution >= 4 is 0 Å². The maximum absolute atomic E-state index is 5.92. The quantitative estimate of drug-likeness (QED) is 0.648. The topological polar surface area (TPSA) is 44.5 Å². The molecule has 0 bridgehead atoms. The monoisotopic (exact) mass is 276 g/mol. The molecule has 4 nitrogen and oxygen atoms in total. The predicted octanol–water partition coefficient (Wildman–Crippen LogP) is 1.44. The highest BCUT2D eigenvalue weighted by Gasteiger charge is 2.29. The van der Waals surface area contributed by atoms with Crippen molar-refractivity contribution in [3.05, 3.63) is 34.9 Å². The summed E-state index contributed by atoms with van der Waals surface area (Å²) in [7, 11) is 4.40. The van der Waals surface area contributed by atoms with Crippen molar-refractivity contribution in [2.45, 2.75) is 32.4 Å². The van der Waals surface area contributed by atoms with Crippen molar-refractivity contribution < 1.29 is 0 Å². The Labute approximate surface area is 122 Å². The maximum Gasteiger partial charge on any atom is 0.0630 e. The molecular weight excluding hydrogens is 248 g/mol. The van der Waals surface area contributed by atoms with Gasteiger partial charge in [0.15, 0.2) is 0 Å². The molecule has 20 heavy (non-hydrogen) atoms. The number of nitrogens with zero attached hydrogens (tertiary/aromatic N) is 2. The van der Waals surface area contributed by atoms with Crippen LogP contribution in [0, 0.1) is 13.8 Å². The standard InChI is InChI=1S/C16H28N4/c1-12-6-7-13(2)14(10-12)16(18-17)15-11-19(3)8-5-9-20(15)4/h6-7,10,15-16,18H,5,8-9,11,17H2,1-4H3. The SMILES string of the molecule is Cc1ccc(C)c(C(NN)C2CN(C)CCCN2C)c1. The number of nitrogens with one attached hydrogen (secondary N) is 1. The van der Waals surface area contributed by atoms with E-state index < -0.39 is 0 Å². The van der Waals surface area contributed by atoms with E-state index in [4.69, 9.17) is 5.84 Å². The lowest BCUT2D eigenvalue weighted by Crippen LogP contribution is -2.49. The van der Waals surface area contributed by atoms with Crippen LogP contribution in [0.2, 0.25) is 0 Å². The Morgan fingerprint density at radius 3 is 2.70 bits per heavy atom. The maximum atomic E-state index is 5.92. The van der Waals surface area contributed by atoms with E-state index in [1.54, 1.807) is 0 Å². The summed E-state index contributed by atoms with van der Waals surface area (Å²) in [6.45, 7) is 7.63. The minimum atomic E-state index is 0.167. The van der Waals surface area contributed by atoms with Crippen LogP contribution in [0.4, 0.5) is 0 Å². The van der Waals surface area contributed by atoms with Gasteiger partial charge < -0.3 is 9.80 Å². The lowest BCUT2D eigenvalue weighted by Gasteiger charge is -2.35. The van der Waals surface area contributed by atoms with Gasteiger partial charge in [-0.05, 0) is 58.6 Å². The normalized spacial score (nSPS) is 23.6. The van der Waals surface area contributed by atoms with Gasteiger partial charge in [0.2, 0.25) is 0 Å². The molecule has 4 heteroatoms. The van der Waals surface area contributed by atoms with Gasteiger partial charge in [-0.25, -0.2) is 0 Å². The first-order valence-electron chi connectivity index (χ1n) is 7.45. The third kappa shape index (κ3) is 3.38. The summed E-state index contributed by atoms with van der Waals surface area (Å²) < 4.78 is 0. The van der Waals surface area contributed by atoms with Gasteiger partial charge in [-0.2, -0.15) is 0 Å². The Balaban J connectivity index is 2.32. The predicted molar refractivity (Wildman–Crippen MR) is 84.5 cm³/mol. The Kier molecular flexibility index (Phi) is 5.16. The zero-order chi connectivity index (χ0) is 14.7. The first-order valence-corrected chi connectivity index (χ1v) is 7.45. The van der Waals surface area contributed by atoms with Crippen molar-refractivity contribution in [3.63, 3.8) is 0 Å². The van der Waals surface area contributed by atoms with E-state index >= 15 is 0 Å². The zero-order valence-corrected chi connectivity index (χ0v) is 13.2. The fourth-order valence-electron chi connectivity index (χ4n) is 3.17. The van der Waals surface area contributed by atoms with E-state index in [9.17, 15) is 0 Å². The highest BCUT2D eigenvalue weighted by atomic mass is 15.3. The van der Waals surface area contributed by atoms with Gasteiger partial charge in [-0.15, -0.1) is 0 Å². The van der Waals surface area contributed by atoms with Gasteiger partial charge in [0.1, 0.15) is 0 Å². The Hall–Kier alpha value is -0.940. The van der Waals surface area contributed by atoms with Gasteiger partial charge in [0, 0.05) is 12.6 Å². The fraction of sp³-hybridized carbons (Fsp3) is 0.625. The Bertz CT molecular complexity index is 446. The van der Waals surface area contributed by atoms with Crippen LogP contribution in [-0.4, -0.2) is 49.6 Å². The molecule has 1 aromatic carbocycles. The lowest BCUT2D eigenvalue weighted by atomic mass is 9.93. The second-order valence-electron chi connectivity index (χ2n) is 6.17. The molecule has 1 aromatic rings. The number of hydrogen-bond acceptors (Lipinski definition) is 4. The van der Waals surface area contributed by atoms with E-state index in [1.165, 1.54) is 23.1 Å². The zero-order valence-electron chi connectivity index (χ0n) is 13.2. The largest absolute Gasteiger partial charge is 0.305 e. The number of rotatable bonds is 3. The number of nitrogens with two attached hydrogens (primary N) is 1. The number of hydrazine groups is 1. The molecule has 2 unspecified atom stereocenters. The molecule has 1 aliphatic heterocycles. The molecule has 1 fully saturated rings. The molecular formula is C16H28N4. The fourth-order valence-corrected chi connectivity index (χ4v) is 3.17. The van der Waals surface area contributed by atoms with Crippen molar-refractivity contribution in [1.29, 1.82) is 0 Å². The molecule has 1 aliphatic rings. The lowest BCUT2D eigenvalue weighted by molar-refractivity contribution is 0.178. The molecule has 112 valence electrons. The Morgan fingerprint density at radius 2 is 2.00 bits per heavy atom. The number of hydrogen-bond donors (Lipinski definition) is 2. The molecule has 3 N–H and O–H groups in total. The van der Waals surface area contributed by atoms with Gasteiger partial charge in [-0.3, -0.25) is 11.3 Å². The van der Waals surface area contributed by atoms with Crippen molar-refractivity contribution in [3.8, 4) is 0 Å². The smallest absolute Gasteiger partial charge is 0.0630 e. The second kappa shape index (κ2) is 6.68. The molecule has 0 aliphatic carbocycles. The highest BCUT2D eigenvalue weighted by Crippen LogP contribution is 2.26. The molecule has 0 saturated carbocycles. The summed E-state index contributed by atoms with van der Waals surface area (Å²) in [5.41, 5.74) is 6.98. The first kappa shape index (κ1) is 15.4. The van der Waals surface area contributed by atoms with Gasteiger partial charge in [0.05, 0.1) is 6.04 Å². The summed E-state index contributed by atoms with van der Waals surface area (Å²) in [6, 6.07) is 7.18. The van der Waals surface area contributed by atoms with E-state index in [-0.39, 0.29) is 6.04 Å². The molecule has 0 aromatic heterocycles. The van der Waals surface area contributed by atoms with Crippen LogP contribution < -0.4 is 11.3 Å². The summed E-state index contributed by atoms with van der Waals surface area (Å²) in [4.78, 5) is 4.85. The van der Waals surface area contributed by atoms with Gasteiger partial charge >= 0.3 is 0 Å². The van der Waals surface area contributed by atoms with E-state index in [1.807, 2.05) is 0 Å². The van der Waals surface area contributed by atoms with Crippen molar-refractivity contribution in [2.24, 2.45) is 5.84 Å². The van der Waals surface area contributed by atoms with E-state index in [2.05, 4.69) is 61.4 Å². The Morgan fingerprint density at radius 1 is 1.25 bits per heavy atom. The van der Waals surface area contributed by atoms with Crippen LogP contribution in [0.3, 0.4) is 0 Å². The van der Waals surface area contributed by atoms with Crippen LogP contribution >= 0.6 is 0 Å². The van der Waals surface area contributed by atoms with E-state index in [0.29, 0.717) is 6.04 Å². The molecule has 2 atom stereocenters. The molecule has 1 heterocycles. The summed E-state index contributed by atoms with van der Waals surface area (Å²) in [5, 5.41) is 0. The average Bonchev–Trinajstić information content (AvgIpc) is 2.57. The molecule has 0 radical (unpaired) electrons. The number of benzene rings is 1. The van der Waals surface area contributed by atoms with Crippen LogP contribution in [0.1, 0.15) is 29.2 Å². The van der Waals surface area contributed by atoms with Crippen LogP contribution in [0.15, 0.2) is 18.2 Å². The second-order valence-corrected chi connectivity index (χ2v) is 6.17. The van der Waals surface area contributed by atoms with E-state index in [0.717, 1.165) is 19.6 Å². The summed E-state index contributed by atoms with van der Waals surface area (Å²) in [6.07, 6.45) is 1.22. The molecule has 0 spiro atoms. The highest BCUT2D eigenvalue weighted by molar-refractivity contribution is 5.34. The van der Waals surface area contributed by atoms with Crippen LogP contribution in [0.25, 0.3) is 0 Å². The summed E-state index contributed by atoms with van der Waals surface area (Å²) >= 11 is 0. The summed E-state index contributed by atoms with van der Waals surface area (Å²) in [5.74, 6) is 5.92. The molecule has 1 saturated heterocycles. The molecule has 0 amide bonds. The van der Waals surface area contributed by atoms with Crippen LogP contribution in [-0.2, 0) is 0 Å². The third-order valence-corrected chi connectivity index (χ3v) is 4.45. The first-order chi connectivity index (χ1) is 9.52. The number of aryl methyl sites for hydroxylation is 2. The minimum absolute atomic E-state index is 0.167.